The van der Waals surface area contributed by atoms with Gasteiger partial charge in [-0.1, -0.05) is 0 Å². The monoisotopic (exact) mass is 319 g/mol. The standard InChI is InChI=1S/C12H25N5O5/c13-4-2-1-3-8(16-11(21)7(14)5-18)12(22)17-9(6-19)10(15)20/h7-9,18-19H,1-6,13-14H2,(H2,15,20)(H,16,21)(H,17,22)/t7-,8-,9-/m0/s1. The Kier molecular flexibility index (Phi) is 10.0. The van der Waals surface area contributed by atoms with Crippen molar-refractivity contribution in [3.05, 3.63) is 0 Å². The predicted molar refractivity (Wildman–Crippen MR) is 78.1 cm³/mol. The van der Waals surface area contributed by atoms with E-state index in [0.717, 1.165) is 0 Å². The molecule has 0 spiro atoms. The number of amides is 3. The van der Waals surface area contributed by atoms with Crippen molar-refractivity contribution in [1.82, 2.24) is 10.6 Å². The molecule has 0 aliphatic rings. The summed E-state index contributed by atoms with van der Waals surface area (Å²) in [7, 11) is 0. The lowest BCUT2D eigenvalue weighted by Crippen LogP contribution is -2.56. The molecule has 10 nitrogen and oxygen atoms in total. The molecule has 10 N–H and O–H groups in total. The molecule has 0 aromatic heterocycles. The van der Waals surface area contributed by atoms with E-state index in [1.807, 2.05) is 0 Å². The van der Waals surface area contributed by atoms with Crippen molar-refractivity contribution in [2.45, 2.75) is 37.4 Å². The molecule has 0 aromatic rings. The molecule has 3 amide bonds. The molecule has 22 heavy (non-hydrogen) atoms. The van der Waals surface area contributed by atoms with Gasteiger partial charge < -0.3 is 38.0 Å². The van der Waals surface area contributed by atoms with Crippen LogP contribution in [0.5, 0.6) is 0 Å². The van der Waals surface area contributed by atoms with Gasteiger partial charge in [-0.3, -0.25) is 14.4 Å². The van der Waals surface area contributed by atoms with Gasteiger partial charge in [0.15, 0.2) is 0 Å². The van der Waals surface area contributed by atoms with E-state index in [0.29, 0.717) is 19.4 Å². The number of hydrogen-bond donors (Lipinski definition) is 7. The molecule has 10 heteroatoms. The highest BCUT2D eigenvalue weighted by molar-refractivity contribution is 5.92. The lowest BCUT2D eigenvalue weighted by molar-refractivity contribution is -0.132. The number of primary amides is 1. The molecule has 0 aliphatic heterocycles. The molecule has 128 valence electrons. The van der Waals surface area contributed by atoms with Gasteiger partial charge >= 0.3 is 0 Å². The van der Waals surface area contributed by atoms with E-state index in [4.69, 9.17) is 27.4 Å². The van der Waals surface area contributed by atoms with Gasteiger partial charge in [-0.15, -0.1) is 0 Å². The summed E-state index contributed by atoms with van der Waals surface area (Å²) >= 11 is 0. The summed E-state index contributed by atoms with van der Waals surface area (Å²) in [6, 6.07) is -3.37. The van der Waals surface area contributed by atoms with Crippen LogP contribution < -0.4 is 27.8 Å². The molecule has 0 aliphatic carbocycles. The van der Waals surface area contributed by atoms with Gasteiger partial charge in [0.1, 0.15) is 18.1 Å². The van der Waals surface area contributed by atoms with Crippen LogP contribution in [0.2, 0.25) is 0 Å². The summed E-state index contributed by atoms with van der Waals surface area (Å²) in [4.78, 5) is 34.8. The van der Waals surface area contributed by atoms with Gasteiger partial charge in [0.25, 0.3) is 0 Å². The average Bonchev–Trinajstić information content (AvgIpc) is 2.49. The summed E-state index contributed by atoms with van der Waals surface area (Å²) in [5.41, 5.74) is 15.8. The van der Waals surface area contributed by atoms with Crippen LogP contribution in [0.3, 0.4) is 0 Å². The maximum atomic E-state index is 12.1. The first kappa shape index (κ1) is 20.2. The van der Waals surface area contributed by atoms with Crippen LogP contribution in [-0.4, -0.2) is 65.8 Å². The largest absolute Gasteiger partial charge is 0.394 e. The second-order valence-corrected chi connectivity index (χ2v) is 4.78. The molecular formula is C12H25N5O5. The first-order valence-corrected chi connectivity index (χ1v) is 6.94. The van der Waals surface area contributed by atoms with Gasteiger partial charge in [0, 0.05) is 0 Å². The summed E-state index contributed by atoms with van der Waals surface area (Å²) in [5.74, 6) is -2.27. The zero-order valence-corrected chi connectivity index (χ0v) is 12.3. The van der Waals surface area contributed by atoms with E-state index in [1.54, 1.807) is 0 Å². The van der Waals surface area contributed by atoms with Crippen LogP contribution in [0.25, 0.3) is 0 Å². The lowest BCUT2D eigenvalue weighted by Gasteiger charge is -2.22. The average molecular weight is 319 g/mol. The first-order chi connectivity index (χ1) is 10.4. The minimum Gasteiger partial charge on any atom is -0.394 e. The minimum absolute atomic E-state index is 0.268. The van der Waals surface area contributed by atoms with Crippen molar-refractivity contribution >= 4 is 17.7 Å². The molecule has 0 saturated heterocycles. The van der Waals surface area contributed by atoms with Crippen LogP contribution in [0.15, 0.2) is 0 Å². The lowest BCUT2D eigenvalue weighted by atomic mass is 10.1. The minimum atomic E-state index is -1.24. The molecule has 0 heterocycles. The zero-order chi connectivity index (χ0) is 17.1. The van der Waals surface area contributed by atoms with Gasteiger partial charge in [-0.25, -0.2) is 0 Å². The van der Waals surface area contributed by atoms with Crippen molar-refractivity contribution in [1.29, 1.82) is 0 Å². The van der Waals surface area contributed by atoms with E-state index in [-0.39, 0.29) is 6.42 Å². The number of aliphatic hydroxyl groups excluding tert-OH is 2. The normalized spacial score (nSPS) is 14.7. The maximum absolute atomic E-state index is 12.1. The van der Waals surface area contributed by atoms with E-state index < -0.39 is 49.1 Å². The Morgan fingerprint density at radius 1 is 0.955 bits per heavy atom. The second-order valence-electron chi connectivity index (χ2n) is 4.78. The SMILES string of the molecule is NCCCC[C@H](NC(=O)[C@@H](N)CO)C(=O)N[C@@H](CO)C(N)=O. The molecule has 0 aromatic carbocycles. The van der Waals surface area contributed by atoms with Crippen LogP contribution >= 0.6 is 0 Å². The van der Waals surface area contributed by atoms with Crippen molar-refractivity contribution in [3.8, 4) is 0 Å². The molecule has 3 atom stereocenters. The van der Waals surface area contributed by atoms with Crippen molar-refractivity contribution in [3.63, 3.8) is 0 Å². The highest BCUT2D eigenvalue weighted by Crippen LogP contribution is 2.02. The molecule has 0 unspecified atom stereocenters. The Hall–Kier alpha value is -1.75. The van der Waals surface area contributed by atoms with Crippen LogP contribution in [0.1, 0.15) is 19.3 Å². The molecule has 0 rings (SSSR count). The summed E-state index contributed by atoms with van der Waals surface area (Å²) in [5, 5.41) is 22.4. The number of hydrogen-bond acceptors (Lipinski definition) is 7. The van der Waals surface area contributed by atoms with E-state index >= 15 is 0 Å². The third-order valence-electron chi connectivity index (χ3n) is 2.96. The highest BCUT2D eigenvalue weighted by Gasteiger charge is 2.26. The molecule has 0 saturated carbocycles. The Morgan fingerprint density at radius 3 is 2.00 bits per heavy atom. The summed E-state index contributed by atoms with van der Waals surface area (Å²) in [6.45, 7) is -0.788. The number of rotatable bonds is 11. The summed E-state index contributed by atoms with van der Waals surface area (Å²) < 4.78 is 0. The zero-order valence-electron chi connectivity index (χ0n) is 12.3. The van der Waals surface area contributed by atoms with Gasteiger partial charge in [-0.2, -0.15) is 0 Å². The number of nitrogens with two attached hydrogens (primary N) is 3. The van der Waals surface area contributed by atoms with E-state index in [9.17, 15) is 14.4 Å². The van der Waals surface area contributed by atoms with Crippen molar-refractivity contribution in [2.24, 2.45) is 17.2 Å². The number of carbonyl (C=O) groups excluding carboxylic acids is 3. The topological polar surface area (TPSA) is 194 Å². The Morgan fingerprint density at radius 2 is 1.55 bits per heavy atom. The molecule has 0 bridgehead atoms. The number of unbranched alkanes of at least 4 members (excludes halogenated alkanes) is 1. The highest BCUT2D eigenvalue weighted by atomic mass is 16.3. The number of carbonyl (C=O) groups is 3. The predicted octanol–water partition coefficient (Wildman–Crippen LogP) is -4.12. The second kappa shape index (κ2) is 10.9. The fourth-order valence-electron chi connectivity index (χ4n) is 1.60. The first-order valence-electron chi connectivity index (χ1n) is 6.94. The third kappa shape index (κ3) is 7.31. The van der Waals surface area contributed by atoms with Crippen molar-refractivity contribution in [2.75, 3.05) is 19.8 Å². The molecular weight excluding hydrogens is 294 g/mol. The fourth-order valence-corrected chi connectivity index (χ4v) is 1.60. The Balaban J connectivity index is 4.78. The van der Waals surface area contributed by atoms with Gasteiger partial charge in [-0.05, 0) is 25.8 Å². The maximum Gasteiger partial charge on any atom is 0.243 e. The van der Waals surface area contributed by atoms with Gasteiger partial charge in [0.05, 0.1) is 13.2 Å². The molecule has 0 fully saturated rings. The van der Waals surface area contributed by atoms with E-state index in [2.05, 4.69) is 10.6 Å². The Bertz CT molecular complexity index is 379. The smallest absolute Gasteiger partial charge is 0.243 e. The van der Waals surface area contributed by atoms with Crippen molar-refractivity contribution < 1.29 is 24.6 Å². The number of nitrogens with one attached hydrogen (secondary N) is 2. The van der Waals surface area contributed by atoms with Crippen LogP contribution in [0.4, 0.5) is 0 Å². The van der Waals surface area contributed by atoms with Crippen LogP contribution in [-0.2, 0) is 14.4 Å². The van der Waals surface area contributed by atoms with E-state index in [1.165, 1.54) is 0 Å². The Labute approximate surface area is 128 Å². The van der Waals surface area contributed by atoms with Crippen LogP contribution in [0, 0.1) is 0 Å². The number of aliphatic hydroxyl groups is 2. The van der Waals surface area contributed by atoms with Gasteiger partial charge in [0.2, 0.25) is 17.7 Å². The fraction of sp³-hybridized carbons (Fsp3) is 0.750. The quantitative estimate of drug-likeness (QED) is 0.188. The molecule has 0 radical (unpaired) electrons. The summed E-state index contributed by atoms with van der Waals surface area (Å²) in [6.07, 6.45) is 1.47. The third-order valence-corrected chi connectivity index (χ3v) is 2.96.